The van der Waals surface area contributed by atoms with Crippen LogP contribution in [0, 0.1) is 5.41 Å². The van der Waals surface area contributed by atoms with Gasteiger partial charge in [-0.25, -0.2) is 0 Å². The molecule has 2 aromatic carbocycles. The van der Waals surface area contributed by atoms with Crippen LogP contribution in [0.5, 0.6) is 11.5 Å². The largest absolute Gasteiger partial charge is 0.497 e. The third kappa shape index (κ3) is 3.17. The molecule has 0 aromatic heterocycles. The van der Waals surface area contributed by atoms with Crippen LogP contribution in [0.25, 0.3) is 0 Å². The van der Waals surface area contributed by atoms with E-state index in [-0.39, 0.29) is 10.9 Å². The van der Waals surface area contributed by atoms with Gasteiger partial charge in [0.2, 0.25) is 0 Å². The van der Waals surface area contributed by atoms with Gasteiger partial charge in [0.05, 0.1) is 25.5 Å². The third-order valence-corrected chi connectivity index (χ3v) is 3.32. The van der Waals surface area contributed by atoms with Crippen LogP contribution in [0.3, 0.4) is 0 Å². The lowest BCUT2D eigenvalue weighted by atomic mass is 10.1. The first-order valence-electron chi connectivity index (χ1n) is 6.54. The Hall–Kier alpha value is -2.60. The fraction of sp³-hybridized carbons (Fsp3) is 0.125. The SMILES string of the molecule is COc1ccc(N(C(=N)c2ccccc2OC)C(N)=S)cc1. The number of nitrogens with two attached hydrogens (primary N) is 1. The first-order valence-corrected chi connectivity index (χ1v) is 6.95. The smallest absolute Gasteiger partial charge is 0.176 e. The molecule has 0 saturated heterocycles. The molecule has 0 aliphatic carbocycles. The number of benzene rings is 2. The first-order chi connectivity index (χ1) is 10.6. The van der Waals surface area contributed by atoms with E-state index in [9.17, 15) is 0 Å². The van der Waals surface area contributed by atoms with Gasteiger partial charge < -0.3 is 15.2 Å². The lowest BCUT2D eigenvalue weighted by Gasteiger charge is -2.24. The van der Waals surface area contributed by atoms with Gasteiger partial charge in [-0.05, 0) is 48.6 Å². The molecule has 0 aliphatic heterocycles. The molecule has 0 heterocycles. The van der Waals surface area contributed by atoms with Crippen molar-refractivity contribution >= 4 is 28.9 Å². The Morgan fingerprint density at radius 1 is 1.05 bits per heavy atom. The Morgan fingerprint density at radius 3 is 2.23 bits per heavy atom. The average molecular weight is 315 g/mol. The minimum Gasteiger partial charge on any atom is -0.497 e. The summed E-state index contributed by atoms with van der Waals surface area (Å²) < 4.78 is 10.4. The van der Waals surface area contributed by atoms with E-state index in [1.165, 1.54) is 4.90 Å². The Balaban J connectivity index is 2.42. The van der Waals surface area contributed by atoms with Crippen molar-refractivity contribution in [2.75, 3.05) is 19.1 Å². The summed E-state index contributed by atoms with van der Waals surface area (Å²) in [5, 5.41) is 8.53. The van der Waals surface area contributed by atoms with Crippen molar-refractivity contribution in [2.24, 2.45) is 5.73 Å². The number of thiocarbonyl (C=S) groups is 1. The first kappa shape index (κ1) is 15.8. The zero-order chi connectivity index (χ0) is 16.1. The fourth-order valence-electron chi connectivity index (χ4n) is 2.06. The second kappa shape index (κ2) is 6.91. The van der Waals surface area contributed by atoms with Gasteiger partial charge in [0, 0.05) is 0 Å². The maximum Gasteiger partial charge on any atom is 0.176 e. The Morgan fingerprint density at radius 2 is 1.68 bits per heavy atom. The highest BCUT2D eigenvalue weighted by molar-refractivity contribution is 7.80. The Bertz CT molecular complexity index is 686. The normalized spacial score (nSPS) is 9.91. The number of para-hydroxylation sites is 1. The third-order valence-electron chi connectivity index (χ3n) is 3.14. The van der Waals surface area contributed by atoms with Gasteiger partial charge in [0.15, 0.2) is 5.11 Å². The van der Waals surface area contributed by atoms with Crippen LogP contribution in [-0.4, -0.2) is 25.2 Å². The molecule has 3 N–H and O–H groups in total. The topological polar surface area (TPSA) is 71.6 Å². The molecular weight excluding hydrogens is 298 g/mol. The molecule has 22 heavy (non-hydrogen) atoms. The average Bonchev–Trinajstić information content (AvgIpc) is 2.55. The summed E-state index contributed by atoms with van der Waals surface area (Å²) in [7, 11) is 3.15. The standard InChI is InChI=1S/C16H17N3O2S/c1-20-12-9-7-11(8-10-12)19(16(18)22)15(17)13-5-3-4-6-14(13)21-2/h3-10,17H,1-2H3,(H2,18,22). The molecule has 0 bridgehead atoms. The molecule has 0 unspecified atom stereocenters. The highest BCUT2D eigenvalue weighted by atomic mass is 32.1. The zero-order valence-electron chi connectivity index (χ0n) is 12.4. The summed E-state index contributed by atoms with van der Waals surface area (Å²) in [6.45, 7) is 0. The molecular formula is C16H17N3O2S. The van der Waals surface area contributed by atoms with Crippen LogP contribution in [0.4, 0.5) is 5.69 Å². The van der Waals surface area contributed by atoms with E-state index in [1.54, 1.807) is 50.6 Å². The van der Waals surface area contributed by atoms with Gasteiger partial charge in [0.1, 0.15) is 17.3 Å². The van der Waals surface area contributed by atoms with Gasteiger partial charge in [-0.1, -0.05) is 12.1 Å². The molecule has 0 spiro atoms. The summed E-state index contributed by atoms with van der Waals surface area (Å²) in [5.41, 5.74) is 7.10. The van der Waals surface area contributed by atoms with Crippen LogP contribution < -0.4 is 20.1 Å². The maximum absolute atomic E-state index is 8.44. The van der Waals surface area contributed by atoms with Crippen LogP contribution in [-0.2, 0) is 0 Å². The van der Waals surface area contributed by atoms with E-state index in [2.05, 4.69) is 0 Å². The van der Waals surface area contributed by atoms with Crippen molar-refractivity contribution in [3.63, 3.8) is 0 Å². The van der Waals surface area contributed by atoms with Gasteiger partial charge in [-0.15, -0.1) is 0 Å². The molecule has 0 radical (unpaired) electrons. The van der Waals surface area contributed by atoms with E-state index in [0.29, 0.717) is 17.0 Å². The zero-order valence-corrected chi connectivity index (χ0v) is 13.2. The summed E-state index contributed by atoms with van der Waals surface area (Å²) in [6.07, 6.45) is 0. The molecule has 2 rings (SSSR count). The Kier molecular flexibility index (Phi) is 4.95. The summed E-state index contributed by atoms with van der Waals surface area (Å²) in [5.74, 6) is 1.45. The van der Waals surface area contributed by atoms with Crippen LogP contribution in [0.2, 0.25) is 0 Å². The van der Waals surface area contributed by atoms with E-state index in [4.69, 9.17) is 32.8 Å². The number of methoxy groups -OCH3 is 2. The molecule has 0 aliphatic rings. The number of amidine groups is 1. The highest BCUT2D eigenvalue weighted by Gasteiger charge is 2.19. The van der Waals surface area contributed by atoms with Gasteiger partial charge in [-0.2, -0.15) is 0 Å². The van der Waals surface area contributed by atoms with Crippen LogP contribution in [0.1, 0.15) is 5.56 Å². The number of rotatable bonds is 4. The molecule has 0 fully saturated rings. The number of ether oxygens (including phenoxy) is 2. The number of nitrogens with zero attached hydrogens (tertiary/aromatic N) is 1. The van der Waals surface area contributed by atoms with Gasteiger partial charge >= 0.3 is 0 Å². The van der Waals surface area contributed by atoms with Crippen molar-refractivity contribution in [1.82, 2.24) is 0 Å². The van der Waals surface area contributed by atoms with Crippen LogP contribution >= 0.6 is 12.2 Å². The van der Waals surface area contributed by atoms with Crippen molar-refractivity contribution < 1.29 is 9.47 Å². The van der Waals surface area contributed by atoms with E-state index in [0.717, 1.165) is 5.75 Å². The predicted molar refractivity (Wildman–Crippen MR) is 92.1 cm³/mol. The van der Waals surface area contributed by atoms with E-state index >= 15 is 0 Å². The summed E-state index contributed by atoms with van der Waals surface area (Å²) in [4.78, 5) is 1.48. The number of nitrogens with one attached hydrogen (secondary N) is 1. The van der Waals surface area contributed by atoms with Crippen molar-refractivity contribution in [3.05, 3.63) is 54.1 Å². The number of hydrogen-bond donors (Lipinski definition) is 2. The van der Waals surface area contributed by atoms with Crippen LogP contribution in [0.15, 0.2) is 48.5 Å². The van der Waals surface area contributed by atoms with Crippen molar-refractivity contribution in [3.8, 4) is 11.5 Å². The van der Waals surface area contributed by atoms with Gasteiger partial charge in [0.25, 0.3) is 0 Å². The molecule has 5 nitrogen and oxygen atoms in total. The predicted octanol–water partition coefficient (Wildman–Crippen LogP) is 2.78. The maximum atomic E-state index is 8.44. The lowest BCUT2D eigenvalue weighted by molar-refractivity contribution is 0.414. The lowest BCUT2D eigenvalue weighted by Crippen LogP contribution is -2.40. The minimum absolute atomic E-state index is 0.0843. The van der Waals surface area contributed by atoms with Crippen molar-refractivity contribution in [1.29, 1.82) is 5.41 Å². The molecule has 2 aromatic rings. The molecule has 114 valence electrons. The summed E-state index contributed by atoms with van der Waals surface area (Å²) >= 11 is 5.11. The highest BCUT2D eigenvalue weighted by Crippen LogP contribution is 2.24. The second-order valence-corrected chi connectivity index (χ2v) is 4.84. The van der Waals surface area contributed by atoms with E-state index in [1.807, 2.05) is 12.1 Å². The van der Waals surface area contributed by atoms with Crippen molar-refractivity contribution in [2.45, 2.75) is 0 Å². The molecule has 6 heteroatoms. The number of hydrogen-bond acceptors (Lipinski definition) is 4. The Labute approximate surface area is 134 Å². The quantitative estimate of drug-likeness (QED) is 0.516. The molecule has 0 atom stereocenters. The monoisotopic (exact) mass is 315 g/mol. The van der Waals surface area contributed by atoms with Gasteiger partial charge in [-0.3, -0.25) is 10.3 Å². The minimum atomic E-state index is 0.0843. The second-order valence-electron chi connectivity index (χ2n) is 4.42. The van der Waals surface area contributed by atoms with E-state index < -0.39 is 0 Å². The number of anilines is 1. The molecule has 0 saturated carbocycles. The molecule has 0 amide bonds. The fourth-order valence-corrected chi connectivity index (χ4v) is 2.26. The summed E-state index contributed by atoms with van der Waals surface area (Å²) in [6, 6.07) is 14.4.